The fourth-order valence-electron chi connectivity index (χ4n) is 2.64. The molecule has 0 saturated carbocycles. The molecule has 1 aliphatic heterocycles. The largest absolute Gasteiger partial charge is 0.493 e. The van der Waals surface area contributed by atoms with E-state index in [2.05, 4.69) is 12.1 Å². The van der Waals surface area contributed by atoms with E-state index in [0.29, 0.717) is 17.9 Å². The fraction of sp³-hybridized carbons (Fsp3) is 0.278. The second-order valence-electron chi connectivity index (χ2n) is 5.39. The van der Waals surface area contributed by atoms with Gasteiger partial charge in [-0.2, -0.15) is 0 Å². The summed E-state index contributed by atoms with van der Waals surface area (Å²) in [4.78, 5) is 12.1. The molecule has 1 aliphatic rings. The number of Topliss-reactive ketones (excluding diaryl/α,β-unsaturated/α-hetero) is 1. The van der Waals surface area contributed by atoms with Gasteiger partial charge in [-0.15, -0.1) is 0 Å². The number of hydrogen-bond donors (Lipinski definition) is 0. The summed E-state index contributed by atoms with van der Waals surface area (Å²) < 4.78 is 5.49. The van der Waals surface area contributed by atoms with Crippen molar-refractivity contribution >= 4 is 17.4 Å². The van der Waals surface area contributed by atoms with Crippen molar-refractivity contribution < 1.29 is 9.53 Å². The molecule has 0 spiro atoms. The Balaban J connectivity index is 1.56. The molecule has 0 atom stereocenters. The Morgan fingerprint density at radius 3 is 2.90 bits per heavy atom. The quantitative estimate of drug-likeness (QED) is 0.833. The Bertz CT molecular complexity index is 664. The van der Waals surface area contributed by atoms with Crippen molar-refractivity contribution in [2.45, 2.75) is 25.7 Å². The number of hydrogen-bond acceptors (Lipinski definition) is 2. The minimum atomic E-state index is 0.244. The Hall–Kier alpha value is -1.80. The van der Waals surface area contributed by atoms with Crippen molar-refractivity contribution in [3.8, 4) is 5.75 Å². The number of rotatable bonds is 5. The van der Waals surface area contributed by atoms with Crippen LogP contribution in [0.5, 0.6) is 5.75 Å². The van der Waals surface area contributed by atoms with Crippen LogP contribution in [0.25, 0.3) is 0 Å². The maximum atomic E-state index is 12.1. The van der Waals surface area contributed by atoms with Gasteiger partial charge in [0.25, 0.3) is 0 Å². The second kappa shape index (κ2) is 6.31. The molecule has 1 heterocycles. The highest BCUT2D eigenvalue weighted by atomic mass is 35.5. The fourth-order valence-corrected chi connectivity index (χ4v) is 2.86. The van der Waals surface area contributed by atoms with Crippen molar-refractivity contribution in [2.75, 3.05) is 6.61 Å². The number of ketones is 1. The van der Waals surface area contributed by atoms with Crippen molar-refractivity contribution in [3.05, 3.63) is 64.2 Å². The summed E-state index contributed by atoms with van der Waals surface area (Å²) in [7, 11) is 0. The molecule has 2 aromatic rings. The number of carbonyl (C=O) groups excluding carboxylic acids is 1. The molecule has 2 aromatic carbocycles. The molecule has 2 nitrogen and oxygen atoms in total. The van der Waals surface area contributed by atoms with Crippen LogP contribution in [0.15, 0.2) is 42.5 Å². The molecule has 0 aromatic heterocycles. The first kappa shape index (κ1) is 14.2. The zero-order chi connectivity index (χ0) is 14.7. The lowest BCUT2D eigenvalue weighted by Gasteiger charge is -2.05. The third kappa shape index (κ3) is 3.64. The van der Waals surface area contributed by atoms with E-state index in [0.717, 1.165) is 30.8 Å². The van der Waals surface area contributed by atoms with Crippen LogP contribution in [0.2, 0.25) is 5.02 Å². The van der Waals surface area contributed by atoms with Crippen LogP contribution in [0.3, 0.4) is 0 Å². The van der Waals surface area contributed by atoms with Gasteiger partial charge in [0.05, 0.1) is 6.61 Å². The summed E-state index contributed by atoms with van der Waals surface area (Å²) in [5.41, 5.74) is 3.45. The Morgan fingerprint density at radius 1 is 1.14 bits per heavy atom. The van der Waals surface area contributed by atoms with E-state index >= 15 is 0 Å². The van der Waals surface area contributed by atoms with E-state index in [1.807, 2.05) is 30.3 Å². The zero-order valence-electron chi connectivity index (χ0n) is 11.8. The Labute approximate surface area is 129 Å². The standard InChI is InChI=1S/C18H17ClO2/c19-16-3-1-2-14(11-16)12-17(20)6-4-13-5-7-18-15(10-13)8-9-21-18/h1-3,5,7,10-11H,4,6,8-9,12H2. The van der Waals surface area contributed by atoms with E-state index < -0.39 is 0 Å². The van der Waals surface area contributed by atoms with E-state index in [9.17, 15) is 4.79 Å². The minimum Gasteiger partial charge on any atom is -0.493 e. The number of aryl methyl sites for hydroxylation is 1. The van der Waals surface area contributed by atoms with Crippen molar-refractivity contribution in [1.29, 1.82) is 0 Å². The molecule has 0 N–H and O–H groups in total. The van der Waals surface area contributed by atoms with Crippen molar-refractivity contribution in [3.63, 3.8) is 0 Å². The predicted molar refractivity (Wildman–Crippen MR) is 84.1 cm³/mol. The first-order valence-electron chi connectivity index (χ1n) is 7.21. The molecule has 3 rings (SSSR count). The van der Waals surface area contributed by atoms with Gasteiger partial charge in [-0.3, -0.25) is 4.79 Å². The number of fused-ring (bicyclic) bond motifs is 1. The van der Waals surface area contributed by atoms with Crippen LogP contribution >= 0.6 is 11.6 Å². The summed E-state index contributed by atoms with van der Waals surface area (Å²) in [5.74, 6) is 1.23. The Morgan fingerprint density at radius 2 is 2.05 bits per heavy atom. The van der Waals surface area contributed by atoms with Gasteiger partial charge in [0.2, 0.25) is 0 Å². The highest BCUT2D eigenvalue weighted by Crippen LogP contribution is 2.26. The lowest BCUT2D eigenvalue weighted by molar-refractivity contribution is -0.118. The van der Waals surface area contributed by atoms with Gasteiger partial charge in [0.1, 0.15) is 11.5 Å². The van der Waals surface area contributed by atoms with Gasteiger partial charge in [0.15, 0.2) is 0 Å². The normalized spacial score (nSPS) is 12.8. The SMILES string of the molecule is O=C(CCc1ccc2c(c1)CCO2)Cc1cccc(Cl)c1. The van der Waals surface area contributed by atoms with E-state index in [1.54, 1.807) is 0 Å². The number of benzene rings is 2. The van der Waals surface area contributed by atoms with Crippen LogP contribution in [0, 0.1) is 0 Å². The minimum absolute atomic E-state index is 0.244. The molecule has 0 saturated heterocycles. The average molecular weight is 301 g/mol. The van der Waals surface area contributed by atoms with Gasteiger partial charge < -0.3 is 4.74 Å². The summed E-state index contributed by atoms with van der Waals surface area (Å²) in [5, 5.41) is 0.680. The predicted octanol–water partition coefficient (Wildman–Crippen LogP) is 4.02. The average Bonchev–Trinajstić information content (AvgIpc) is 2.92. The lowest BCUT2D eigenvalue weighted by Crippen LogP contribution is -2.04. The number of carbonyl (C=O) groups is 1. The third-order valence-electron chi connectivity index (χ3n) is 3.74. The summed E-state index contributed by atoms with van der Waals surface area (Å²) in [6.45, 7) is 0.770. The number of ether oxygens (including phenoxy) is 1. The monoisotopic (exact) mass is 300 g/mol. The van der Waals surface area contributed by atoms with Gasteiger partial charge in [-0.25, -0.2) is 0 Å². The summed E-state index contributed by atoms with van der Waals surface area (Å²) in [6.07, 6.45) is 2.77. The molecular weight excluding hydrogens is 284 g/mol. The maximum absolute atomic E-state index is 12.1. The lowest BCUT2D eigenvalue weighted by atomic mass is 10.0. The maximum Gasteiger partial charge on any atom is 0.137 e. The van der Waals surface area contributed by atoms with Crippen LogP contribution in [0.1, 0.15) is 23.1 Å². The topological polar surface area (TPSA) is 26.3 Å². The molecule has 0 bridgehead atoms. The molecule has 0 unspecified atom stereocenters. The van der Waals surface area contributed by atoms with Gasteiger partial charge in [0, 0.05) is 24.3 Å². The smallest absolute Gasteiger partial charge is 0.137 e. The van der Waals surface area contributed by atoms with Gasteiger partial charge in [-0.1, -0.05) is 35.9 Å². The molecule has 0 radical (unpaired) electrons. The molecule has 0 amide bonds. The van der Waals surface area contributed by atoms with Crippen LogP contribution in [-0.2, 0) is 24.1 Å². The molecular formula is C18H17ClO2. The molecule has 0 aliphatic carbocycles. The van der Waals surface area contributed by atoms with Gasteiger partial charge >= 0.3 is 0 Å². The third-order valence-corrected chi connectivity index (χ3v) is 3.97. The van der Waals surface area contributed by atoms with E-state index in [-0.39, 0.29) is 5.78 Å². The highest BCUT2D eigenvalue weighted by Gasteiger charge is 2.12. The first-order chi connectivity index (χ1) is 10.2. The van der Waals surface area contributed by atoms with Crippen LogP contribution in [0.4, 0.5) is 0 Å². The second-order valence-corrected chi connectivity index (χ2v) is 5.82. The highest BCUT2D eigenvalue weighted by molar-refractivity contribution is 6.30. The van der Waals surface area contributed by atoms with Crippen LogP contribution in [-0.4, -0.2) is 12.4 Å². The van der Waals surface area contributed by atoms with E-state index in [4.69, 9.17) is 16.3 Å². The number of halogens is 1. The van der Waals surface area contributed by atoms with Gasteiger partial charge in [-0.05, 0) is 41.3 Å². The van der Waals surface area contributed by atoms with E-state index in [1.165, 1.54) is 11.1 Å². The van der Waals surface area contributed by atoms with Crippen molar-refractivity contribution in [1.82, 2.24) is 0 Å². The summed E-state index contributed by atoms with van der Waals surface area (Å²) in [6, 6.07) is 13.7. The van der Waals surface area contributed by atoms with Crippen molar-refractivity contribution in [2.24, 2.45) is 0 Å². The summed E-state index contributed by atoms with van der Waals surface area (Å²) >= 11 is 5.93. The molecule has 21 heavy (non-hydrogen) atoms. The molecule has 3 heteroatoms. The molecule has 108 valence electrons. The molecule has 0 fully saturated rings. The zero-order valence-corrected chi connectivity index (χ0v) is 12.5. The first-order valence-corrected chi connectivity index (χ1v) is 7.59. The Kier molecular flexibility index (Phi) is 4.26. The van der Waals surface area contributed by atoms with Crippen LogP contribution < -0.4 is 4.74 Å².